The summed E-state index contributed by atoms with van der Waals surface area (Å²) in [5.74, 6) is -0.218. The van der Waals surface area contributed by atoms with Crippen LogP contribution in [-0.2, 0) is 26.2 Å². The van der Waals surface area contributed by atoms with E-state index in [9.17, 15) is 13.2 Å². The number of ether oxygens (including phenoxy) is 1. The van der Waals surface area contributed by atoms with Crippen molar-refractivity contribution in [1.29, 1.82) is 0 Å². The number of carbonyl (C=O) groups is 1. The summed E-state index contributed by atoms with van der Waals surface area (Å²) >= 11 is 1.45. The molecule has 0 saturated carbocycles. The van der Waals surface area contributed by atoms with Crippen LogP contribution in [0, 0.1) is 0 Å². The quantitative estimate of drug-likeness (QED) is 0.613. The second-order valence-corrected chi connectivity index (χ2v) is 7.91. The van der Waals surface area contributed by atoms with Crippen LogP contribution in [0.3, 0.4) is 0 Å². The van der Waals surface area contributed by atoms with Crippen LogP contribution in [0.4, 0.5) is 0 Å². The van der Waals surface area contributed by atoms with E-state index in [0.29, 0.717) is 5.82 Å². The number of nitrogens with zero attached hydrogens (tertiary/aromatic N) is 2. The lowest BCUT2D eigenvalue weighted by atomic mass is 10.4. The maximum atomic E-state index is 12.2. The summed E-state index contributed by atoms with van der Waals surface area (Å²) in [6.07, 6.45) is 0. The minimum Gasteiger partial charge on any atom is -0.454 e. The summed E-state index contributed by atoms with van der Waals surface area (Å²) in [7, 11) is -3.81. The average molecular weight is 393 g/mol. The highest BCUT2D eigenvalue weighted by atomic mass is 32.2. The SMILES string of the molecule is C[C@H](NS(=O)(=O)c1ccccc1)C(=O)OCc1nc(-c2cccs2)no1. The summed E-state index contributed by atoms with van der Waals surface area (Å²) < 4.78 is 36.7. The van der Waals surface area contributed by atoms with E-state index < -0.39 is 22.0 Å². The Labute approximate surface area is 153 Å². The van der Waals surface area contributed by atoms with Crippen molar-refractivity contribution in [2.75, 3.05) is 0 Å². The Morgan fingerprint density at radius 3 is 2.73 bits per heavy atom. The molecular weight excluding hydrogens is 378 g/mol. The van der Waals surface area contributed by atoms with Crippen molar-refractivity contribution < 1.29 is 22.5 Å². The molecule has 0 aliphatic carbocycles. The summed E-state index contributed by atoms with van der Waals surface area (Å²) in [5.41, 5.74) is 0. The van der Waals surface area contributed by atoms with E-state index in [0.717, 1.165) is 4.88 Å². The summed E-state index contributed by atoms with van der Waals surface area (Å²) in [5, 5.41) is 5.68. The van der Waals surface area contributed by atoms with E-state index in [2.05, 4.69) is 14.9 Å². The molecule has 3 rings (SSSR count). The molecule has 26 heavy (non-hydrogen) atoms. The molecule has 0 amide bonds. The van der Waals surface area contributed by atoms with Crippen LogP contribution in [0.15, 0.2) is 57.3 Å². The average Bonchev–Trinajstić information content (AvgIpc) is 3.31. The van der Waals surface area contributed by atoms with Gasteiger partial charge in [-0.3, -0.25) is 4.79 Å². The van der Waals surface area contributed by atoms with Gasteiger partial charge in [-0.1, -0.05) is 29.4 Å². The lowest BCUT2D eigenvalue weighted by molar-refractivity contribution is -0.147. The summed E-state index contributed by atoms with van der Waals surface area (Å²) in [6, 6.07) is 10.4. The van der Waals surface area contributed by atoms with Crippen molar-refractivity contribution in [3.8, 4) is 10.7 Å². The molecule has 2 aromatic heterocycles. The van der Waals surface area contributed by atoms with Crippen molar-refractivity contribution in [3.63, 3.8) is 0 Å². The number of benzene rings is 1. The van der Waals surface area contributed by atoms with Gasteiger partial charge in [-0.2, -0.15) is 9.71 Å². The van der Waals surface area contributed by atoms with Crippen LogP contribution in [0.25, 0.3) is 10.7 Å². The third-order valence-electron chi connectivity index (χ3n) is 3.29. The molecule has 1 aromatic carbocycles. The molecule has 10 heteroatoms. The van der Waals surface area contributed by atoms with E-state index >= 15 is 0 Å². The Balaban J connectivity index is 1.56. The van der Waals surface area contributed by atoms with Crippen molar-refractivity contribution in [1.82, 2.24) is 14.9 Å². The largest absolute Gasteiger partial charge is 0.454 e. The zero-order valence-corrected chi connectivity index (χ0v) is 15.3. The van der Waals surface area contributed by atoms with E-state index in [-0.39, 0.29) is 17.4 Å². The Morgan fingerprint density at radius 1 is 1.27 bits per heavy atom. The van der Waals surface area contributed by atoms with Crippen LogP contribution in [0.1, 0.15) is 12.8 Å². The Morgan fingerprint density at radius 2 is 2.04 bits per heavy atom. The fraction of sp³-hybridized carbons (Fsp3) is 0.188. The number of rotatable bonds is 7. The van der Waals surface area contributed by atoms with E-state index in [1.165, 1.54) is 30.4 Å². The topological polar surface area (TPSA) is 111 Å². The molecule has 8 nitrogen and oxygen atoms in total. The van der Waals surface area contributed by atoms with Gasteiger partial charge in [0.15, 0.2) is 6.61 Å². The molecule has 1 atom stereocenters. The molecule has 0 saturated heterocycles. The highest BCUT2D eigenvalue weighted by Crippen LogP contribution is 2.21. The van der Waals surface area contributed by atoms with Crippen molar-refractivity contribution >= 4 is 27.3 Å². The molecule has 0 aliphatic heterocycles. The molecular formula is C16H15N3O5S2. The third-order valence-corrected chi connectivity index (χ3v) is 5.71. The van der Waals surface area contributed by atoms with Gasteiger partial charge in [0.1, 0.15) is 6.04 Å². The normalized spacial score (nSPS) is 12.7. The van der Waals surface area contributed by atoms with Crippen LogP contribution < -0.4 is 4.72 Å². The van der Waals surface area contributed by atoms with Gasteiger partial charge in [0.05, 0.1) is 9.77 Å². The van der Waals surface area contributed by atoms with Crippen LogP contribution in [-0.4, -0.2) is 30.6 Å². The van der Waals surface area contributed by atoms with E-state index in [4.69, 9.17) is 9.26 Å². The number of thiophene rings is 1. The first-order valence-electron chi connectivity index (χ1n) is 7.56. The first-order chi connectivity index (χ1) is 12.5. The third kappa shape index (κ3) is 4.34. The second-order valence-electron chi connectivity index (χ2n) is 5.25. The fourth-order valence-electron chi connectivity index (χ4n) is 2.03. The molecule has 0 unspecified atom stereocenters. The molecule has 2 heterocycles. The van der Waals surface area contributed by atoms with Gasteiger partial charge in [0.2, 0.25) is 15.8 Å². The maximum absolute atomic E-state index is 12.2. The van der Waals surface area contributed by atoms with Gasteiger partial charge in [-0.15, -0.1) is 11.3 Å². The van der Waals surface area contributed by atoms with Crippen LogP contribution in [0.5, 0.6) is 0 Å². The standard InChI is InChI=1S/C16H15N3O5S2/c1-11(19-26(21,22)12-6-3-2-4-7-12)16(20)23-10-14-17-15(18-24-14)13-8-5-9-25-13/h2-9,11,19H,10H2,1H3/t11-/m0/s1. The predicted molar refractivity (Wildman–Crippen MR) is 93.6 cm³/mol. The molecule has 0 aliphatic rings. The monoisotopic (exact) mass is 393 g/mol. The van der Waals surface area contributed by atoms with Crippen LogP contribution in [0.2, 0.25) is 0 Å². The van der Waals surface area contributed by atoms with E-state index in [1.54, 1.807) is 18.2 Å². The smallest absolute Gasteiger partial charge is 0.324 e. The van der Waals surface area contributed by atoms with Crippen LogP contribution >= 0.6 is 11.3 Å². The number of hydrogen-bond donors (Lipinski definition) is 1. The van der Waals surface area contributed by atoms with Gasteiger partial charge in [0.25, 0.3) is 5.89 Å². The molecule has 0 bridgehead atoms. The summed E-state index contributed by atoms with van der Waals surface area (Å²) in [6.45, 7) is 1.16. The highest BCUT2D eigenvalue weighted by Gasteiger charge is 2.23. The molecule has 0 radical (unpaired) electrons. The number of sulfonamides is 1. The second kappa shape index (κ2) is 7.77. The minimum atomic E-state index is -3.81. The number of aromatic nitrogens is 2. The summed E-state index contributed by atoms with van der Waals surface area (Å²) in [4.78, 5) is 17.0. The first-order valence-corrected chi connectivity index (χ1v) is 9.92. The number of hydrogen-bond acceptors (Lipinski definition) is 8. The fourth-order valence-corrected chi connectivity index (χ4v) is 3.89. The lowest BCUT2D eigenvalue weighted by Gasteiger charge is -2.13. The zero-order chi connectivity index (χ0) is 18.6. The van der Waals surface area contributed by atoms with Gasteiger partial charge >= 0.3 is 5.97 Å². The molecule has 136 valence electrons. The first kappa shape index (κ1) is 18.2. The number of nitrogens with one attached hydrogen (secondary N) is 1. The zero-order valence-electron chi connectivity index (χ0n) is 13.7. The lowest BCUT2D eigenvalue weighted by Crippen LogP contribution is -2.39. The predicted octanol–water partition coefficient (Wildman–Crippen LogP) is 2.21. The molecule has 0 fully saturated rings. The maximum Gasteiger partial charge on any atom is 0.324 e. The van der Waals surface area contributed by atoms with Gasteiger partial charge in [-0.05, 0) is 30.5 Å². The van der Waals surface area contributed by atoms with E-state index in [1.807, 2.05) is 17.5 Å². The molecule has 3 aromatic rings. The van der Waals surface area contributed by atoms with Crippen molar-refractivity contribution in [3.05, 3.63) is 53.7 Å². The minimum absolute atomic E-state index is 0.0668. The Bertz CT molecular complexity index is 969. The number of esters is 1. The van der Waals surface area contributed by atoms with Crippen molar-refractivity contribution in [2.45, 2.75) is 24.5 Å². The van der Waals surface area contributed by atoms with Crippen molar-refractivity contribution in [2.24, 2.45) is 0 Å². The Hall–Kier alpha value is -2.56. The van der Waals surface area contributed by atoms with Gasteiger partial charge < -0.3 is 9.26 Å². The number of carbonyl (C=O) groups excluding carboxylic acids is 1. The van der Waals surface area contributed by atoms with Gasteiger partial charge in [-0.25, -0.2) is 8.42 Å². The molecule has 1 N–H and O–H groups in total. The Kier molecular flexibility index (Phi) is 5.45. The molecule has 0 spiro atoms. The van der Waals surface area contributed by atoms with Gasteiger partial charge in [0, 0.05) is 0 Å². The highest BCUT2D eigenvalue weighted by molar-refractivity contribution is 7.89.